The first-order chi connectivity index (χ1) is 9.88. The van der Waals surface area contributed by atoms with Gasteiger partial charge in [-0.15, -0.1) is 0 Å². The lowest BCUT2D eigenvalue weighted by Gasteiger charge is -2.16. The summed E-state index contributed by atoms with van der Waals surface area (Å²) in [6, 6.07) is 11.4. The Morgan fingerprint density at radius 2 is 2.00 bits per heavy atom. The first-order valence-electron chi connectivity index (χ1n) is 7.99. The maximum absolute atomic E-state index is 8.74. The topological polar surface area (TPSA) is 35.5 Å². The SMILES string of the molecule is OCCCCCNC1CCN(CCc2ccccc2)C1. The van der Waals surface area contributed by atoms with E-state index in [9.17, 15) is 0 Å². The minimum atomic E-state index is 0.330. The molecule has 0 radical (unpaired) electrons. The summed E-state index contributed by atoms with van der Waals surface area (Å²) < 4.78 is 0. The van der Waals surface area contributed by atoms with E-state index in [-0.39, 0.29) is 0 Å². The molecule has 1 atom stereocenters. The number of hydrogen-bond donors (Lipinski definition) is 2. The van der Waals surface area contributed by atoms with E-state index in [4.69, 9.17) is 5.11 Å². The Kier molecular flexibility index (Phi) is 7.06. The molecule has 1 heterocycles. The number of nitrogens with one attached hydrogen (secondary N) is 1. The van der Waals surface area contributed by atoms with Crippen LogP contribution in [0.4, 0.5) is 0 Å². The molecule has 1 fully saturated rings. The molecule has 0 amide bonds. The van der Waals surface area contributed by atoms with Crippen molar-refractivity contribution in [2.75, 3.05) is 32.8 Å². The van der Waals surface area contributed by atoms with Gasteiger partial charge in [-0.05, 0) is 50.8 Å². The standard InChI is InChI=1S/C17H28N2O/c20-14-6-2-5-11-18-17-10-13-19(15-17)12-9-16-7-3-1-4-8-16/h1,3-4,7-8,17-18,20H,2,5-6,9-15H2. The third-order valence-corrected chi connectivity index (χ3v) is 4.10. The summed E-state index contributed by atoms with van der Waals surface area (Å²) in [5.41, 5.74) is 1.44. The Balaban J connectivity index is 1.56. The van der Waals surface area contributed by atoms with Gasteiger partial charge in [0.1, 0.15) is 0 Å². The molecule has 3 heteroatoms. The van der Waals surface area contributed by atoms with Crippen LogP contribution in [0.25, 0.3) is 0 Å². The lowest BCUT2D eigenvalue weighted by atomic mass is 10.1. The highest BCUT2D eigenvalue weighted by atomic mass is 16.2. The van der Waals surface area contributed by atoms with Crippen molar-refractivity contribution in [1.29, 1.82) is 0 Å². The average molecular weight is 276 g/mol. The van der Waals surface area contributed by atoms with Crippen LogP contribution in [0.2, 0.25) is 0 Å². The maximum Gasteiger partial charge on any atom is 0.0431 e. The van der Waals surface area contributed by atoms with Crippen LogP contribution >= 0.6 is 0 Å². The number of benzene rings is 1. The molecule has 112 valence electrons. The van der Waals surface area contributed by atoms with E-state index < -0.39 is 0 Å². The van der Waals surface area contributed by atoms with Crippen LogP contribution in [0.15, 0.2) is 30.3 Å². The molecule has 0 saturated carbocycles. The minimum absolute atomic E-state index is 0.330. The van der Waals surface area contributed by atoms with Gasteiger partial charge in [0.15, 0.2) is 0 Å². The molecule has 20 heavy (non-hydrogen) atoms. The minimum Gasteiger partial charge on any atom is -0.396 e. The molecule has 0 aromatic heterocycles. The molecule has 1 aliphatic heterocycles. The zero-order valence-corrected chi connectivity index (χ0v) is 12.4. The number of rotatable bonds is 9. The Morgan fingerprint density at radius 3 is 2.80 bits per heavy atom. The van der Waals surface area contributed by atoms with Crippen LogP contribution in [0, 0.1) is 0 Å². The van der Waals surface area contributed by atoms with E-state index in [1.807, 2.05) is 0 Å². The summed E-state index contributed by atoms with van der Waals surface area (Å²) in [4.78, 5) is 2.57. The fourth-order valence-electron chi connectivity index (χ4n) is 2.85. The summed E-state index contributed by atoms with van der Waals surface area (Å²) in [5.74, 6) is 0. The van der Waals surface area contributed by atoms with Gasteiger partial charge in [0.05, 0.1) is 0 Å². The van der Waals surface area contributed by atoms with Crippen LogP contribution in [-0.2, 0) is 6.42 Å². The Bertz CT molecular complexity index is 355. The first-order valence-corrected chi connectivity index (χ1v) is 7.99. The quantitative estimate of drug-likeness (QED) is 0.678. The molecular formula is C17H28N2O. The smallest absolute Gasteiger partial charge is 0.0431 e. The normalized spacial score (nSPS) is 19.6. The van der Waals surface area contributed by atoms with Gasteiger partial charge >= 0.3 is 0 Å². The molecule has 1 saturated heterocycles. The monoisotopic (exact) mass is 276 g/mol. The van der Waals surface area contributed by atoms with Crippen LogP contribution in [-0.4, -0.2) is 48.8 Å². The van der Waals surface area contributed by atoms with Crippen molar-refractivity contribution in [1.82, 2.24) is 10.2 Å². The van der Waals surface area contributed by atoms with Crippen molar-refractivity contribution in [3.63, 3.8) is 0 Å². The third-order valence-electron chi connectivity index (χ3n) is 4.10. The van der Waals surface area contributed by atoms with Gasteiger partial charge in [0.2, 0.25) is 0 Å². The summed E-state index contributed by atoms with van der Waals surface area (Å²) in [5, 5.41) is 12.4. The Hall–Kier alpha value is -0.900. The Morgan fingerprint density at radius 1 is 1.15 bits per heavy atom. The fraction of sp³-hybridized carbons (Fsp3) is 0.647. The van der Waals surface area contributed by atoms with Crippen molar-refractivity contribution in [3.05, 3.63) is 35.9 Å². The summed E-state index contributed by atoms with van der Waals surface area (Å²) in [6.45, 7) is 5.01. The largest absolute Gasteiger partial charge is 0.396 e. The highest BCUT2D eigenvalue weighted by Crippen LogP contribution is 2.11. The second kappa shape index (κ2) is 9.11. The number of aliphatic hydroxyl groups is 1. The van der Waals surface area contributed by atoms with E-state index in [1.54, 1.807) is 0 Å². The number of nitrogens with zero attached hydrogens (tertiary/aromatic N) is 1. The fourth-order valence-corrected chi connectivity index (χ4v) is 2.85. The van der Waals surface area contributed by atoms with E-state index >= 15 is 0 Å². The van der Waals surface area contributed by atoms with Crippen molar-refractivity contribution in [3.8, 4) is 0 Å². The van der Waals surface area contributed by atoms with Crippen LogP contribution in [0.5, 0.6) is 0 Å². The zero-order chi connectivity index (χ0) is 14.0. The van der Waals surface area contributed by atoms with Crippen molar-refractivity contribution in [2.45, 2.75) is 38.1 Å². The van der Waals surface area contributed by atoms with Crippen molar-refractivity contribution < 1.29 is 5.11 Å². The number of likely N-dealkylation sites (tertiary alicyclic amines) is 1. The summed E-state index contributed by atoms with van der Waals surface area (Å²) >= 11 is 0. The van der Waals surface area contributed by atoms with Gasteiger partial charge in [-0.3, -0.25) is 0 Å². The number of unbranched alkanes of at least 4 members (excludes halogenated alkanes) is 2. The zero-order valence-electron chi connectivity index (χ0n) is 12.4. The van der Waals surface area contributed by atoms with E-state index in [1.165, 1.54) is 38.0 Å². The molecule has 2 rings (SSSR count). The number of hydrogen-bond acceptors (Lipinski definition) is 3. The van der Waals surface area contributed by atoms with E-state index in [0.29, 0.717) is 12.6 Å². The molecule has 1 unspecified atom stereocenters. The van der Waals surface area contributed by atoms with Crippen LogP contribution in [0.3, 0.4) is 0 Å². The van der Waals surface area contributed by atoms with Crippen molar-refractivity contribution in [2.24, 2.45) is 0 Å². The average Bonchev–Trinajstić information content (AvgIpc) is 2.94. The van der Waals surface area contributed by atoms with E-state index in [0.717, 1.165) is 25.8 Å². The molecule has 2 N–H and O–H groups in total. The summed E-state index contributed by atoms with van der Waals surface area (Å²) in [6.07, 6.45) is 5.68. The molecule has 0 aliphatic carbocycles. The second-order valence-corrected chi connectivity index (χ2v) is 5.76. The van der Waals surface area contributed by atoms with Crippen LogP contribution in [0.1, 0.15) is 31.2 Å². The molecular weight excluding hydrogens is 248 g/mol. The lowest BCUT2D eigenvalue weighted by molar-refractivity contribution is 0.282. The van der Waals surface area contributed by atoms with Gasteiger partial charge in [0, 0.05) is 25.7 Å². The molecule has 0 bridgehead atoms. The Labute approximate surface area is 123 Å². The highest BCUT2D eigenvalue weighted by Gasteiger charge is 2.21. The first kappa shape index (κ1) is 15.5. The highest BCUT2D eigenvalue weighted by molar-refractivity contribution is 5.14. The molecule has 1 aromatic carbocycles. The molecule has 1 aromatic rings. The second-order valence-electron chi connectivity index (χ2n) is 5.76. The van der Waals surface area contributed by atoms with E-state index in [2.05, 4.69) is 40.5 Å². The van der Waals surface area contributed by atoms with Gasteiger partial charge in [-0.1, -0.05) is 30.3 Å². The molecule has 3 nitrogen and oxygen atoms in total. The van der Waals surface area contributed by atoms with Crippen LogP contribution < -0.4 is 5.32 Å². The summed E-state index contributed by atoms with van der Waals surface area (Å²) in [7, 11) is 0. The third kappa shape index (κ3) is 5.61. The van der Waals surface area contributed by atoms with Crippen molar-refractivity contribution >= 4 is 0 Å². The van der Waals surface area contributed by atoms with Gasteiger partial charge in [0.25, 0.3) is 0 Å². The predicted molar refractivity (Wildman–Crippen MR) is 83.9 cm³/mol. The maximum atomic E-state index is 8.74. The van der Waals surface area contributed by atoms with Gasteiger partial charge in [-0.25, -0.2) is 0 Å². The van der Waals surface area contributed by atoms with Gasteiger partial charge in [-0.2, -0.15) is 0 Å². The van der Waals surface area contributed by atoms with Gasteiger partial charge < -0.3 is 15.3 Å². The molecule has 0 spiro atoms. The number of aliphatic hydroxyl groups excluding tert-OH is 1. The predicted octanol–water partition coefficient (Wildman–Crippen LogP) is 2.06. The lowest BCUT2D eigenvalue weighted by Crippen LogP contribution is -2.33. The molecule has 1 aliphatic rings.